The zero-order chi connectivity index (χ0) is 16.3. The molecule has 8 heteroatoms. The summed E-state index contributed by atoms with van der Waals surface area (Å²) in [6.07, 6.45) is 0. The number of carbonyl (C=O) groups excluding carboxylic acids is 1. The first-order chi connectivity index (χ1) is 9.60. The molecule has 0 radical (unpaired) electrons. The number of hydrogen-bond donors (Lipinski definition) is 2. The van der Waals surface area contributed by atoms with Gasteiger partial charge in [-0.05, 0) is 45.0 Å². The Hall–Kier alpha value is -1.93. The van der Waals surface area contributed by atoms with Gasteiger partial charge < -0.3 is 9.84 Å². The molecular formula is C13H17NO6S. The van der Waals surface area contributed by atoms with Gasteiger partial charge in [0.05, 0.1) is 17.1 Å². The maximum atomic E-state index is 12.1. The average Bonchev–Trinajstić information content (AvgIpc) is 2.38. The van der Waals surface area contributed by atoms with Crippen LogP contribution in [-0.2, 0) is 19.6 Å². The number of carboxylic acids is 1. The van der Waals surface area contributed by atoms with E-state index in [1.165, 1.54) is 38.1 Å². The van der Waals surface area contributed by atoms with Gasteiger partial charge in [-0.3, -0.25) is 4.79 Å². The Morgan fingerprint density at radius 3 is 2.19 bits per heavy atom. The van der Waals surface area contributed by atoms with Crippen molar-refractivity contribution in [1.29, 1.82) is 0 Å². The van der Waals surface area contributed by atoms with Gasteiger partial charge in [-0.2, -0.15) is 4.72 Å². The molecule has 0 unspecified atom stereocenters. The fourth-order valence-corrected chi connectivity index (χ4v) is 2.79. The molecule has 0 fully saturated rings. The third-order valence-electron chi connectivity index (χ3n) is 2.60. The summed E-state index contributed by atoms with van der Waals surface area (Å²) in [5.41, 5.74) is -1.42. The highest BCUT2D eigenvalue weighted by Crippen LogP contribution is 2.15. The van der Waals surface area contributed by atoms with Crippen molar-refractivity contribution in [3.05, 3.63) is 29.8 Å². The second-order valence-corrected chi connectivity index (χ2v) is 6.46. The second kappa shape index (κ2) is 6.23. The van der Waals surface area contributed by atoms with Crippen LogP contribution in [0.25, 0.3) is 0 Å². The molecule has 0 aliphatic carbocycles. The Bertz CT molecular complexity index is 633. The van der Waals surface area contributed by atoms with Gasteiger partial charge in [0, 0.05) is 0 Å². The molecule has 0 amide bonds. The molecule has 0 spiro atoms. The van der Waals surface area contributed by atoms with E-state index in [0.717, 1.165) is 0 Å². The Labute approximate surface area is 123 Å². The molecule has 1 aromatic carbocycles. The summed E-state index contributed by atoms with van der Waals surface area (Å²) in [7, 11) is -4.00. The monoisotopic (exact) mass is 315 g/mol. The quantitative estimate of drug-likeness (QED) is 0.758. The molecule has 2 N–H and O–H groups in total. The van der Waals surface area contributed by atoms with Crippen LogP contribution in [0.2, 0.25) is 0 Å². The summed E-state index contributed by atoms with van der Waals surface area (Å²) < 4.78 is 31.0. The van der Waals surface area contributed by atoms with E-state index < -0.39 is 27.5 Å². The summed E-state index contributed by atoms with van der Waals surface area (Å²) >= 11 is 0. The number of ether oxygens (including phenoxy) is 1. The molecular weight excluding hydrogens is 298 g/mol. The number of benzene rings is 1. The first-order valence-electron chi connectivity index (χ1n) is 6.14. The van der Waals surface area contributed by atoms with E-state index >= 15 is 0 Å². The van der Waals surface area contributed by atoms with E-state index in [1.54, 1.807) is 6.92 Å². The minimum atomic E-state index is -4.00. The van der Waals surface area contributed by atoms with E-state index in [9.17, 15) is 18.0 Å². The number of carbonyl (C=O) groups is 2. The number of sulfonamides is 1. The lowest BCUT2D eigenvalue weighted by molar-refractivity contribution is -0.142. The van der Waals surface area contributed by atoms with Crippen molar-refractivity contribution in [2.45, 2.75) is 31.2 Å². The third kappa shape index (κ3) is 4.27. The van der Waals surface area contributed by atoms with Crippen LogP contribution in [0.5, 0.6) is 0 Å². The van der Waals surface area contributed by atoms with Crippen LogP contribution in [0, 0.1) is 0 Å². The van der Waals surface area contributed by atoms with Gasteiger partial charge in [0.25, 0.3) is 0 Å². The Balaban J connectivity index is 3.01. The molecule has 0 aromatic heterocycles. The van der Waals surface area contributed by atoms with E-state index in [-0.39, 0.29) is 17.1 Å². The molecule has 1 rings (SSSR count). The zero-order valence-electron chi connectivity index (χ0n) is 11.9. The van der Waals surface area contributed by atoms with Crippen LogP contribution >= 0.6 is 0 Å². The smallest absolute Gasteiger partial charge is 0.338 e. The first kappa shape index (κ1) is 17.1. The van der Waals surface area contributed by atoms with Crippen LogP contribution < -0.4 is 4.72 Å². The summed E-state index contributed by atoms with van der Waals surface area (Å²) in [4.78, 5) is 22.3. The van der Waals surface area contributed by atoms with Crippen molar-refractivity contribution in [3.63, 3.8) is 0 Å². The lowest BCUT2D eigenvalue weighted by Crippen LogP contribution is -2.49. The summed E-state index contributed by atoms with van der Waals surface area (Å²) in [6, 6.07) is 5.04. The lowest BCUT2D eigenvalue weighted by atomic mass is 10.1. The molecule has 0 atom stereocenters. The van der Waals surface area contributed by atoms with Crippen molar-refractivity contribution in [2.75, 3.05) is 6.61 Å². The van der Waals surface area contributed by atoms with Crippen molar-refractivity contribution < 1.29 is 27.9 Å². The molecule has 1 aromatic rings. The molecule has 7 nitrogen and oxygen atoms in total. The van der Waals surface area contributed by atoms with Crippen molar-refractivity contribution in [1.82, 2.24) is 4.72 Å². The molecule has 0 saturated carbocycles. The molecule has 0 aliphatic heterocycles. The molecule has 0 aliphatic rings. The van der Waals surface area contributed by atoms with E-state index in [0.29, 0.717) is 0 Å². The van der Waals surface area contributed by atoms with E-state index in [1.807, 2.05) is 0 Å². The number of carboxylic acid groups (broad SMARTS) is 1. The van der Waals surface area contributed by atoms with E-state index in [2.05, 4.69) is 4.72 Å². The van der Waals surface area contributed by atoms with Crippen LogP contribution in [0.4, 0.5) is 0 Å². The normalized spacial score (nSPS) is 12.0. The van der Waals surface area contributed by atoms with Gasteiger partial charge in [0.15, 0.2) is 0 Å². The van der Waals surface area contributed by atoms with Crippen LogP contribution in [0.1, 0.15) is 31.1 Å². The minimum absolute atomic E-state index is 0.134. The third-order valence-corrected chi connectivity index (χ3v) is 4.27. The predicted molar refractivity (Wildman–Crippen MR) is 74.4 cm³/mol. The standard InChI is InChI=1S/C13H17NO6S/c1-4-20-11(15)9-5-7-10(8-6-9)21(18,19)14-13(2,3)12(16)17/h5-8,14H,4H2,1-3H3,(H,16,17). The fraction of sp³-hybridized carbons (Fsp3) is 0.385. The maximum Gasteiger partial charge on any atom is 0.338 e. The molecule has 0 heterocycles. The highest BCUT2D eigenvalue weighted by atomic mass is 32.2. The van der Waals surface area contributed by atoms with Crippen LogP contribution in [0.3, 0.4) is 0 Å². The average molecular weight is 315 g/mol. The van der Waals surface area contributed by atoms with Gasteiger partial charge in [0.1, 0.15) is 5.54 Å². The van der Waals surface area contributed by atoms with Gasteiger partial charge in [-0.25, -0.2) is 13.2 Å². The number of hydrogen-bond acceptors (Lipinski definition) is 5. The number of esters is 1. The van der Waals surface area contributed by atoms with Crippen molar-refractivity contribution in [3.8, 4) is 0 Å². The number of rotatable bonds is 6. The fourth-order valence-electron chi connectivity index (χ4n) is 1.42. The summed E-state index contributed by atoms with van der Waals surface area (Å²) in [6.45, 7) is 4.35. The first-order valence-corrected chi connectivity index (χ1v) is 7.63. The topological polar surface area (TPSA) is 110 Å². The van der Waals surface area contributed by atoms with Crippen molar-refractivity contribution in [2.24, 2.45) is 0 Å². The highest BCUT2D eigenvalue weighted by molar-refractivity contribution is 7.89. The molecule has 0 bridgehead atoms. The van der Waals surface area contributed by atoms with Crippen LogP contribution in [0.15, 0.2) is 29.2 Å². The Kier molecular flexibility index (Phi) is 5.08. The zero-order valence-corrected chi connectivity index (χ0v) is 12.7. The molecule has 0 saturated heterocycles. The maximum absolute atomic E-state index is 12.1. The SMILES string of the molecule is CCOC(=O)c1ccc(S(=O)(=O)NC(C)(C)C(=O)O)cc1. The lowest BCUT2D eigenvalue weighted by Gasteiger charge is -2.20. The number of aliphatic carboxylic acids is 1. The van der Waals surface area contributed by atoms with E-state index in [4.69, 9.17) is 9.84 Å². The molecule has 21 heavy (non-hydrogen) atoms. The van der Waals surface area contributed by atoms with Gasteiger partial charge >= 0.3 is 11.9 Å². The summed E-state index contributed by atoms with van der Waals surface area (Å²) in [5.74, 6) is -1.85. The number of nitrogens with one attached hydrogen (secondary N) is 1. The van der Waals surface area contributed by atoms with Gasteiger partial charge in [-0.15, -0.1) is 0 Å². The largest absolute Gasteiger partial charge is 0.480 e. The second-order valence-electron chi connectivity index (χ2n) is 4.78. The highest BCUT2D eigenvalue weighted by Gasteiger charge is 2.33. The Morgan fingerprint density at radius 2 is 1.76 bits per heavy atom. The van der Waals surface area contributed by atoms with Crippen LogP contribution in [-0.4, -0.2) is 37.6 Å². The van der Waals surface area contributed by atoms with Gasteiger partial charge in [0.2, 0.25) is 10.0 Å². The molecule has 116 valence electrons. The summed E-state index contributed by atoms with van der Waals surface area (Å²) in [5, 5.41) is 8.94. The van der Waals surface area contributed by atoms with Gasteiger partial charge in [-0.1, -0.05) is 0 Å². The Morgan fingerprint density at radius 1 is 1.24 bits per heavy atom. The predicted octanol–water partition coefficient (Wildman–Crippen LogP) is 1.00. The van der Waals surface area contributed by atoms with Crippen molar-refractivity contribution >= 4 is 22.0 Å². The minimum Gasteiger partial charge on any atom is -0.480 e.